The Hall–Kier alpha value is -3.04. The Balaban J connectivity index is 1.50. The van der Waals surface area contributed by atoms with Gasteiger partial charge in [-0.3, -0.25) is 4.79 Å². The lowest BCUT2D eigenvalue weighted by molar-refractivity contribution is -0.116. The van der Waals surface area contributed by atoms with Gasteiger partial charge in [-0.1, -0.05) is 0 Å². The number of aromatic nitrogens is 4. The maximum absolute atomic E-state index is 12.7. The Morgan fingerprint density at radius 3 is 2.59 bits per heavy atom. The van der Waals surface area contributed by atoms with Gasteiger partial charge in [0.25, 0.3) is 0 Å². The minimum Gasteiger partial charge on any atom is -0.458 e. The number of rotatable bonds is 7. The smallest absolute Gasteiger partial charge is 0.226 e. The van der Waals surface area contributed by atoms with Crippen LogP contribution in [0.25, 0.3) is 17.4 Å². The van der Waals surface area contributed by atoms with Crippen LogP contribution in [0.1, 0.15) is 36.4 Å². The van der Waals surface area contributed by atoms with Gasteiger partial charge in [-0.15, -0.1) is 0 Å². The van der Waals surface area contributed by atoms with Gasteiger partial charge in [0.2, 0.25) is 5.91 Å². The maximum atomic E-state index is 12.7. The van der Waals surface area contributed by atoms with Crippen LogP contribution in [0.5, 0.6) is 0 Å². The number of methoxy groups -OCH3 is 1. The van der Waals surface area contributed by atoms with Crippen molar-refractivity contribution in [2.75, 3.05) is 32.1 Å². The third-order valence-corrected chi connectivity index (χ3v) is 5.69. The van der Waals surface area contributed by atoms with Gasteiger partial charge in [0.05, 0.1) is 11.8 Å². The first-order valence-corrected chi connectivity index (χ1v) is 11.0. The summed E-state index contributed by atoms with van der Waals surface area (Å²) in [6, 6.07) is 7.40. The molecule has 170 valence electrons. The lowest BCUT2D eigenvalue weighted by Gasteiger charge is -2.30. The van der Waals surface area contributed by atoms with Crippen LogP contribution in [0, 0.1) is 20.8 Å². The van der Waals surface area contributed by atoms with E-state index in [4.69, 9.17) is 9.15 Å². The number of ether oxygens (including phenoxy) is 1. The summed E-state index contributed by atoms with van der Waals surface area (Å²) in [7, 11) is 1.76. The van der Waals surface area contributed by atoms with Gasteiger partial charge in [0, 0.05) is 44.9 Å². The second kappa shape index (κ2) is 9.62. The molecule has 4 heterocycles. The molecule has 1 saturated heterocycles. The Morgan fingerprint density at radius 2 is 1.97 bits per heavy atom. The van der Waals surface area contributed by atoms with Crippen molar-refractivity contribution in [1.29, 1.82) is 0 Å². The highest BCUT2D eigenvalue weighted by Gasteiger charge is 2.20. The predicted molar refractivity (Wildman–Crippen MR) is 121 cm³/mol. The zero-order chi connectivity index (χ0) is 22.7. The number of nitrogens with zero attached hydrogens (tertiary/aromatic N) is 5. The van der Waals surface area contributed by atoms with E-state index < -0.39 is 0 Å². The number of hydrogen-bond donors (Lipinski definition) is 1. The number of amides is 1. The van der Waals surface area contributed by atoms with Crippen molar-refractivity contribution in [3.05, 3.63) is 41.4 Å². The zero-order valence-corrected chi connectivity index (χ0v) is 19.1. The Kier molecular flexibility index (Phi) is 6.66. The van der Waals surface area contributed by atoms with Crippen molar-refractivity contribution in [2.24, 2.45) is 0 Å². The molecule has 1 aliphatic rings. The molecule has 1 N–H and O–H groups in total. The first-order valence-electron chi connectivity index (χ1n) is 11.0. The van der Waals surface area contributed by atoms with Crippen molar-refractivity contribution < 1.29 is 13.9 Å². The fourth-order valence-electron chi connectivity index (χ4n) is 3.97. The van der Waals surface area contributed by atoms with Crippen LogP contribution in [0.4, 0.5) is 5.82 Å². The minimum absolute atomic E-state index is 0.0848. The second-order valence-corrected chi connectivity index (χ2v) is 8.26. The summed E-state index contributed by atoms with van der Waals surface area (Å²) in [5, 5.41) is 7.45. The molecule has 3 aromatic heterocycles. The molecule has 1 aliphatic heterocycles. The summed E-state index contributed by atoms with van der Waals surface area (Å²) in [4.78, 5) is 24.1. The van der Waals surface area contributed by atoms with E-state index in [1.165, 1.54) is 0 Å². The molecule has 0 radical (unpaired) electrons. The van der Waals surface area contributed by atoms with E-state index in [1.54, 1.807) is 17.9 Å². The molecule has 32 heavy (non-hydrogen) atoms. The third-order valence-electron chi connectivity index (χ3n) is 5.69. The SMILES string of the molecule is COC1CCN(CCC(=O)Nc2cc(-n3nc(C)cc3C)nc(-c3ccc(C)o3)n2)CC1. The van der Waals surface area contributed by atoms with Gasteiger partial charge in [-0.25, -0.2) is 14.6 Å². The van der Waals surface area contributed by atoms with Crippen molar-refractivity contribution in [1.82, 2.24) is 24.6 Å². The quantitative estimate of drug-likeness (QED) is 0.604. The molecule has 3 aromatic rings. The molecule has 9 nitrogen and oxygen atoms in total. The van der Waals surface area contributed by atoms with E-state index in [0.29, 0.717) is 42.3 Å². The van der Waals surface area contributed by atoms with Crippen LogP contribution < -0.4 is 5.32 Å². The van der Waals surface area contributed by atoms with Crippen molar-refractivity contribution in [3.8, 4) is 17.4 Å². The Labute approximate surface area is 187 Å². The lowest BCUT2D eigenvalue weighted by Crippen LogP contribution is -2.38. The topological polar surface area (TPSA) is 98.3 Å². The van der Waals surface area contributed by atoms with Crippen LogP contribution in [0.15, 0.2) is 28.7 Å². The van der Waals surface area contributed by atoms with E-state index in [2.05, 4.69) is 25.3 Å². The number of nitrogens with one attached hydrogen (secondary N) is 1. The molecule has 1 fully saturated rings. The summed E-state index contributed by atoms with van der Waals surface area (Å²) >= 11 is 0. The maximum Gasteiger partial charge on any atom is 0.226 e. The van der Waals surface area contributed by atoms with Gasteiger partial charge in [0.1, 0.15) is 11.6 Å². The molecular formula is C23H30N6O3. The molecule has 0 aliphatic carbocycles. The first kappa shape index (κ1) is 22.2. The summed E-state index contributed by atoms with van der Waals surface area (Å²) in [5.74, 6) is 2.63. The third kappa shape index (κ3) is 5.23. The zero-order valence-electron chi connectivity index (χ0n) is 19.1. The molecule has 0 bridgehead atoms. The molecule has 0 atom stereocenters. The minimum atomic E-state index is -0.0848. The number of carbonyl (C=O) groups is 1. The van der Waals surface area contributed by atoms with Crippen LogP contribution in [-0.2, 0) is 9.53 Å². The number of likely N-dealkylation sites (tertiary alicyclic amines) is 1. The highest BCUT2D eigenvalue weighted by atomic mass is 16.5. The van der Waals surface area contributed by atoms with E-state index in [0.717, 1.165) is 43.1 Å². The Bertz CT molecular complexity index is 1080. The summed E-state index contributed by atoms with van der Waals surface area (Å²) in [5.41, 5.74) is 1.83. The summed E-state index contributed by atoms with van der Waals surface area (Å²) < 4.78 is 12.9. The number of piperidine rings is 1. The number of furan rings is 1. The molecule has 0 spiro atoms. The molecule has 0 saturated carbocycles. The lowest BCUT2D eigenvalue weighted by atomic mass is 10.1. The monoisotopic (exact) mass is 438 g/mol. The van der Waals surface area contributed by atoms with Crippen LogP contribution in [-0.4, -0.2) is 63.4 Å². The highest BCUT2D eigenvalue weighted by Crippen LogP contribution is 2.23. The van der Waals surface area contributed by atoms with Gasteiger partial charge >= 0.3 is 0 Å². The fraction of sp³-hybridized carbons (Fsp3) is 0.478. The van der Waals surface area contributed by atoms with E-state index in [-0.39, 0.29) is 5.91 Å². The molecule has 0 unspecified atom stereocenters. The molecular weight excluding hydrogens is 408 g/mol. The fourth-order valence-corrected chi connectivity index (χ4v) is 3.97. The van der Waals surface area contributed by atoms with Crippen LogP contribution in [0.2, 0.25) is 0 Å². The Morgan fingerprint density at radius 1 is 1.19 bits per heavy atom. The van der Waals surface area contributed by atoms with Crippen LogP contribution >= 0.6 is 0 Å². The molecule has 4 rings (SSSR count). The molecule has 1 amide bonds. The van der Waals surface area contributed by atoms with Gasteiger partial charge in [0.15, 0.2) is 17.4 Å². The van der Waals surface area contributed by atoms with Gasteiger partial charge in [-0.2, -0.15) is 5.10 Å². The number of aryl methyl sites for hydroxylation is 3. The number of carbonyl (C=O) groups excluding carboxylic acids is 1. The van der Waals surface area contributed by atoms with Gasteiger partial charge < -0.3 is 19.4 Å². The normalized spacial score (nSPS) is 15.2. The van der Waals surface area contributed by atoms with E-state index >= 15 is 0 Å². The average molecular weight is 439 g/mol. The van der Waals surface area contributed by atoms with Crippen molar-refractivity contribution >= 4 is 11.7 Å². The summed E-state index contributed by atoms with van der Waals surface area (Å²) in [6.45, 7) is 8.37. The number of anilines is 1. The van der Waals surface area contributed by atoms with Crippen molar-refractivity contribution in [2.45, 2.75) is 46.1 Å². The molecule has 0 aromatic carbocycles. The first-order chi connectivity index (χ1) is 15.4. The van der Waals surface area contributed by atoms with E-state index in [9.17, 15) is 4.79 Å². The highest BCUT2D eigenvalue weighted by molar-refractivity contribution is 5.90. The second-order valence-electron chi connectivity index (χ2n) is 8.26. The molecule has 9 heteroatoms. The van der Waals surface area contributed by atoms with E-state index in [1.807, 2.05) is 39.0 Å². The number of hydrogen-bond acceptors (Lipinski definition) is 7. The van der Waals surface area contributed by atoms with Gasteiger partial charge in [-0.05, 0) is 51.8 Å². The average Bonchev–Trinajstić information content (AvgIpc) is 3.37. The van der Waals surface area contributed by atoms with Crippen molar-refractivity contribution in [3.63, 3.8) is 0 Å². The largest absolute Gasteiger partial charge is 0.458 e. The predicted octanol–water partition coefficient (Wildman–Crippen LogP) is 3.29. The standard InChI is InChI=1S/C23H30N6O3/c1-15-13-16(2)29(27-15)21-14-20(25-23(26-21)19-6-5-17(3)32-19)24-22(30)9-12-28-10-7-18(31-4)8-11-28/h5-6,13-14,18H,7-12H2,1-4H3,(H,24,25,26,30). The van der Waals surface area contributed by atoms with Crippen LogP contribution in [0.3, 0.4) is 0 Å². The summed E-state index contributed by atoms with van der Waals surface area (Å²) in [6.07, 6.45) is 2.73.